The van der Waals surface area contributed by atoms with Crippen LogP contribution in [0.4, 0.5) is 0 Å². The van der Waals surface area contributed by atoms with E-state index in [-0.39, 0.29) is 5.91 Å². The zero-order valence-corrected chi connectivity index (χ0v) is 11.4. The maximum atomic E-state index is 12.5. The van der Waals surface area contributed by atoms with Crippen molar-refractivity contribution in [1.29, 1.82) is 0 Å². The van der Waals surface area contributed by atoms with Gasteiger partial charge in [-0.1, -0.05) is 6.92 Å². The fourth-order valence-electron chi connectivity index (χ4n) is 2.44. The van der Waals surface area contributed by atoms with Gasteiger partial charge in [-0.25, -0.2) is 4.79 Å². The van der Waals surface area contributed by atoms with Crippen molar-refractivity contribution >= 4 is 23.2 Å². The first kappa shape index (κ1) is 13.1. The second-order valence-electron chi connectivity index (χ2n) is 4.77. The Morgan fingerprint density at radius 1 is 1.56 bits per heavy atom. The molecule has 1 saturated heterocycles. The predicted octanol–water partition coefficient (Wildman–Crippen LogP) is 2.39. The summed E-state index contributed by atoms with van der Waals surface area (Å²) in [6.45, 7) is 4.17. The lowest BCUT2D eigenvalue weighted by atomic mass is 9.99. The van der Waals surface area contributed by atoms with Crippen molar-refractivity contribution in [2.24, 2.45) is 0 Å². The standard InChI is InChI=1S/C13H17NO3S/c1-3-9-5-8-18-10(9)11(15)14-7-4-6-13(14,2)12(16)17/h5,8H,3-4,6-7H2,1-2H3,(H,16,17). The highest BCUT2D eigenvalue weighted by Gasteiger charge is 2.46. The molecular formula is C13H17NO3S. The molecule has 1 fully saturated rings. The molecule has 0 bridgehead atoms. The number of nitrogens with zero attached hydrogens (tertiary/aromatic N) is 1. The SMILES string of the molecule is CCc1ccsc1C(=O)N1CCCC1(C)C(=O)O. The minimum absolute atomic E-state index is 0.135. The lowest BCUT2D eigenvalue weighted by Crippen LogP contribution is -2.50. The van der Waals surface area contributed by atoms with Gasteiger partial charge in [0.25, 0.3) is 5.91 Å². The Bertz CT molecular complexity index is 482. The highest BCUT2D eigenvalue weighted by atomic mass is 32.1. The Labute approximate surface area is 110 Å². The van der Waals surface area contributed by atoms with E-state index in [0.29, 0.717) is 17.8 Å². The van der Waals surface area contributed by atoms with Crippen molar-refractivity contribution in [3.63, 3.8) is 0 Å². The van der Waals surface area contributed by atoms with E-state index in [1.807, 2.05) is 18.4 Å². The number of aliphatic carboxylic acids is 1. The van der Waals surface area contributed by atoms with Gasteiger partial charge in [-0.3, -0.25) is 4.79 Å². The van der Waals surface area contributed by atoms with Crippen LogP contribution in [0.1, 0.15) is 41.9 Å². The third-order valence-corrected chi connectivity index (χ3v) is 4.61. The van der Waals surface area contributed by atoms with E-state index >= 15 is 0 Å². The Hall–Kier alpha value is -1.36. The molecule has 0 saturated carbocycles. The molecular weight excluding hydrogens is 250 g/mol. The molecule has 4 nitrogen and oxygen atoms in total. The quantitative estimate of drug-likeness (QED) is 0.914. The number of thiophene rings is 1. The number of carbonyl (C=O) groups excluding carboxylic acids is 1. The summed E-state index contributed by atoms with van der Waals surface area (Å²) < 4.78 is 0. The Morgan fingerprint density at radius 2 is 2.28 bits per heavy atom. The maximum absolute atomic E-state index is 12.5. The van der Waals surface area contributed by atoms with Gasteiger partial charge in [0, 0.05) is 6.54 Å². The summed E-state index contributed by atoms with van der Waals surface area (Å²) in [5, 5.41) is 11.2. The summed E-state index contributed by atoms with van der Waals surface area (Å²) in [5.74, 6) is -1.05. The van der Waals surface area contributed by atoms with Crippen molar-refractivity contribution in [3.8, 4) is 0 Å². The molecule has 2 heterocycles. The Kier molecular flexibility index (Phi) is 3.43. The van der Waals surface area contributed by atoms with Crippen molar-refractivity contribution in [1.82, 2.24) is 4.90 Å². The molecule has 0 spiro atoms. The number of amides is 1. The second-order valence-corrected chi connectivity index (χ2v) is 5.68. The summed E-state index contributed by atoms with van der Waals surface area (Å²) in [7, 11) is 0. The fourth-order valence-corrected chi connectivity index (χ4v) is 3.38. The highest BCUT2D eigenvalue weighted by molar-refractivity contribution is 7.12. The Morgan fingerprint density at radius 3 is 2.89 bits per heavy atom. The highest BCUT2D eigenvalue weighted by Crippen LogP contribution is 2.32. The van der Waals surface area contributed by atoms with Gasteiger partial charge in [0.1, 0.15) is 5.54 Å². The van der Waals surface area contributed by atoms with Gasteiger partial charge in [-0.15, -0.1) is 11.3 Å². The number of rotatable bonds is 3. The molecule has 0 aliphatic carbocycles. The van der Waals surface area contributed by atoms with Crippen LogP contribution in [-0.4, -0.2) is 34.0 Å². The van der Waals surface area contributed by atoms with Gasteiger partial charge in [0.05, 0.1) is 4.88 Å². The lowest BCUT2D eigenvalue weighted by Gasteiger charge is -2.31. The topological polar surface area (TPSA) is 57.6 Å². The monoisotopic (exact) mass is 267 g/mol. The molecule has 2 rings (SSSR count). The first-order chi connectivity index (χ1) is 8.50. The van der Waals surface area contributed by atoms with Gasteiger partial charge in [-0.2, -0.15) is 0 Å². The van der Waals surface area contributed by atoms with Crippen LogP contribution in [0.15, 0.2) is 11.4 Å². The van der Waals surface area contributed by atoms with Crippen molar-refractivity contribution < 1.29 is 14.7 Å². The second kappa shape index (κ2) is 4.72. The zero-order valence-electron chi connectivity index (χ0n) is 10.6. The molecule has 98 valence electrons. The van der Waals surface area contributed by atoms with E-state index in [4.69, 9.17) is 0 Å². The van der Waals surface area contributed by atoms with Crippen molar-refractivity contribution in [2.75, 3.05) is 6.54 Å². The number of likely N-dealkylation sites (tertiary alicyclic amines) is 1. The van der Waals surface area contributed by atoms with Crippen molar-refractivity contribution in [2.45, 2.75) is 38.6 Å². The summed E-state index contributed by atoms with van der Waals surface area (Å²) in [6.07, 6.45) is 2.07. The third-order valence-electron chi connectivity index (χ3n) is 3.67. The summed E-state index contributed by atoms with van der Waals surface area (Å²) in [4.78, 5) is 26.1. The molecule has 1 aliphatic rings. The predicted molar refractivity (Wildman–Crippen MR) is 70.0 cm³/mol. The van der Waals surface area contributed by atoms with E-state index in [1.165, 1.54) is 16.2 Å². The molecule has 1 aliphatic heterocycles. The maximum Gasteiger partial charge on any atom is 0.329 e. The number of hydrogen-bond donors (Lipinski definition) is 1. The van der Waals surface area contributed by atoms with Gasteiger partial charge < -0.3 is 10.0 Å². The minimum atomic E-state index is -1.05. The molecule has 1 amide bonds. The summed E-state index contributed by atoms with van der Waals surface area (Å²) in [6, 6.07) is 1.94. The van der Waals surface area contributed by atoms with Crippen LogP contribution in [0, 0.1) is 0 Å². The lowest BCUT2D eigenvalue weighted by molar-refractivity contribution is -0.147. The first-order valence-corrected chi connectivity index (χ1v) is 7.00. The van der Waals surface area contributed by atoms with Crippen molar-refractivity contribution in [3.05, 3.63) is 21.9 Å². The molecule has 1 N–H and O–H groups in total. The van der Waals surface area contributed by atoms with Crippen LogP contribution >= 0.6 is 11.3 Å². The fraction of sp³-hybridized carbons (Fsp3) is 0.538. The molecule has 0 aromatic carbocycles. The van der Waals surface area contributed by atoms with E-state index in [9.17, 15) is 14.7 Å². The van der Waals surface area contributed by atoms with E-state index in [0.717, 1.165) is 18.4 Å². The van der Waals surface area contributed by atoms with Crippen LogP contribution in [0.2, 0.25) is 0 Å². The number of carboxylic acid groups (broad SMARTS) is 1. The van der Waals surface area contributed by atoms with Crippen LogP contribution in [0.25, 0.3) is 0 Å². The summed E-state index contributed by atoms with van der Waals surface area (Å²) in [5.41, 5.74) is -0.0452. The van der Waals surface area contributed by atoms with Gasteiger partial charge in [0.2, 0.25) is 0 Å². The number of aryl methyl sites for hydroxylation is 1. The van der Waals surface area contributed by atoms with Crippen LogP contribution in [-0.2, 0) is 11.2 Å². The summed E-state index contributed by atoms with van der Waals surface area (Å²) >= 11 is 1.40. The molecule has 1 aromatic rings. The molecule has 1 aromatic heterocycles. The molecule has 1 unspecified atom stereocenters. The average molecular weight is 267 g/mol. The van der Waals surface area contributed by atoms with Crippen LogP contribution < -0.4 is 0 Å². The van der Waals surface area contributed by atoms with E-state index in [2.05, 4.69) is 0 Å². The largest absolute Gasteiger partial charge is 0.480 e. The van der Waals surface area contributed by atoms with Crippen LogP contribution in [0.3, 0.4) is 0 Å². The molecule has 1 atom stereocenters. The van der Waals surface area contributed by atoms with Gasteiger partial charge >= 0.3 is 5.97 Å². The van der Waals surface area contributed by atoms with E-state index < -0.39 is 11.5 Å². The minimum Gasteiger partial charge on any atom is -0.480 e. The number of carbonyl (C=O) groups is 2. The van der Waals surface area contributed by atoms with Gasteiger partial charge in [0.15, 0.2) is 0 Å². The zero-order chi connectivity index (χ0) is 13.3. The first-order valence-electron chi connectivity index (χ1n) is 6.12. The van der Waals surface area contributed by atoms with Crippen LogP contribution in [0.5, 0.6) is 0 Å². The Balaban J connectivity index is 2.32. The molecule has 5 heteroatoms. The smallest absolute Gasteiger partial charge is 0.329 e. The van der Waals surface area contributed by atoms with E-state index in [1.54, 1.807) is 6.92 Å². The molecule has 18 heavy (non-hydrogen) atoms. The number of carboxylic acids is 1. The van der Waals surface area contributed by atoms with Gasteiger partial charge in [-0.05, 0) is 43.2 Å². The normalized spacial score (nSPS) is 23.3. The average Bonchev–Trinajstić information content (AvgIpc) is 2.94. The molecule has 0 radical (unpaired) electrons. The number of hydrogen-bond acceptors (Lipinski definition) is 3. The third kappa shape index (κ3) is 1.92.